The highest BCUT2D eigenvalue weighted by atomic mass is 79.9. The van der Waals surface area contributed by atoms with Crippen molar-refractivity contribution in [1.29, 1.82) is 0 Å². The summed E-state index contributed by atoms with van der Waals surface area (Å²) >= 11 is 6.69. The van der Waals surface area contributed by atoms with Crippen molar-refractivity contribution in [3.05, 3.63) is 44.6 Å². The Labute approximate surface area is 116 Å². The van der Waals surface area contributed by atoms with Gasteiger partial charge in [-0.1, -0.05) is 33.3 Å². The van der Waals surface area contributed by atoms with E-state index in [4.69, 9.17) is 0 Å². The molecule has 0 aliphatic heterocycles. The van der Waals surface area contributed by atoms with Gasteiger partial charge in [0.1, 0.15) is 11.8 Å². The SMILES string of the molecule is Cn1nnc(Br)c1C(O)Cc1cccc(Br)c1. The highest BCUT2D eigenvalue weighted by molar-refractivity contribution is 9.10. The third-order valence-corrected chi connectivity index (χ3v) is 3.52. The minimum atomic E-state index is -0.626. The van der Waals surface area contributed by atoms with Gasteiger partial charge in [-0.2, -0.15) is 0 Å². The molecule has 0 fully saturated rings. The molecule has 90 valence electrons. The largest absolute Gasteiger partial charge is 0.386 e. The van der Waals surface area contributed by atoms with E-state index in [0.29, 0.717) is 16.7 Å². The molecule has 1 unspecified atom stereocenters. The average Bonchev–Trinajstić information content (AvgIpc) is 2.58. The average molecular weight is 361 g/mol. The predicted octanol–water partition coefficient (Wildman–Crippen LogP) is 2.62. The van der Waals surface area contributed by atoms with Crippen molar-refractivity contribution >= 4 is 31.9 Å². The summed E-state index contributed by atoms with van der Waals surface area (Å²) in [6, 6.07) is 7.87. The Kier molecular flexibility index (Phi) is 3.96. The molecular formula is C11H11Br2N3O. The summed E-state index contributed by atoms with van der Waals surface area (Å²) in [5, 5.41) is 17.9. The Morgan fingerprint density at radius 2 is 2.18 bits per heavy atom. The number of rotatable bonds is 3. The number of hydrogen-bond donors (Lipinski definition) is 1. The zero-order valence-corrected chi connectivity index (χ0v) is 12.3. The molecule has 1 aromatic carbocycles. The van der Waals surface area contributed by atoms with Crippen molar-refractivity contribution in [3.63, 3.8) is 0 Å². The van der Waals surface area contributed by atoms with Gasteiger partial charge in [-0.05, 0) is 33.6 Å². The summed E-state index contributed by atoms with van der Waals surface area (Å²) in [7, 11) is 1.76. The molecule has 6 heteroatoms. The third kappa shape index (κ3) is 2.94. The topological polar surface area (TPSA) is 50.9 Å². The quantitative estimate of drug-likeness (QED) is 0.915. The first kappa shape index (κ1) is 12.7. The van der Waals surface area contributed by atoms with Gasteiger partial charge in [-0.25, -0.2) is 4.68 Å². The molecule has 17 heavy (non-hydrogen) atoms. The van der Waals surface area contributed by atoms with E-state index in [1.165, 1.54) is 0 Å². The van der Waals surface area contributed by atoms with Crippen LogP contribution in [0.5, 0.6) is 0 Å². The zero-order chi connectivity index (χ0) is 12.4. The Morgan fingerprint density at radius 3 is 2.76 bits per heavy atom. The first-order valence-electron chi connectivity index (χ1n) is 5.05. The minimum absolute atomic E-state index is 0.527. The fourth-order valence-corrected chi connectivity index (χ4v) is 2.71. The summed E-state index contributed by atoms with van der Waals surface area (Å²) in [6.07, 6.45) is -0.0992. The fourth-order valence-electron chi connectivity index (χ4n) is 1.68. The first-order valence-corrected chi connectivity index (χ1v) is 6.64. The molecule has 0 radical (unpaired) electrons. The number of halogens is 2. The smallest absolute Gasteiger partial charge is 0.154 e. The predicted molar refractivity (Wildman–Crippen MR) is 71.5 cm³/mol. The summed E-state index contributed by atoms with van der Waals surface area (Å²) in [4.78, 5) is 0. The number of aliphatic hydroxyl groups is 1. The van der Waals surface area contributed by atoms with Crippen LogP contribution in [-0.4, -0.2) is 20.1 Å². The van der Waals surface area contributed by atoms with Crippen molar-refractivity contribution in [2.24, 2.45) is 7.05 Å². The number of hydrogen-bond acceptors (Lipinski definition) is 3. The first-order chi connectivity index (χ1) is 8.08. The van der Waals surface area contributed by atoms with Gasteiger partial charge in [0.05, 0.1) is 0 Å². The highest BCUT2D eigenvalue weighted by Crippen LogP contribution is 2.24. The second-order valence-electron chi connectivity index (χ2n) is 3.74. The van der Waals surface area contributed by atoms with Crippen molar-refractivity contribution in [2.45, 2.75) is 12.5 Å². The van der Waals surface area contributed by atoms with Gasteiger partial charge < -0.3 is 5.11 Å². The van der Waals surface area contributed by atoms with E-state index >= 15 is 0 Å². The van der Waals surface area contributed by atoms with Crippen LogP contribution in [0, 0.1) is 0 Å². The van der Waals surface area contributed by atoms with Gasteiger partial charge in [0, 0.05) is 17.9 Å². The summed E-state index contributed by atoms with van der Waals surface area (Å²) in [5.74, 6) is 0. The summed E-state index contributed by atoms with van der Waals surface area (Å²) < 4.78 is 3.17. The number of aliphatic hydroxyl groups excluding tert-OH is 1. The van der Waals surface area contributed by atoms with Gasteiger partial charge in [0.2, 0.25) is 0 Å². The molecule has 0 saturated carbocycles. The van der Waals surface area contributed by atoms with Crippen LogP contribution >= 0.6 is 31.9 Å². The number of aryl methyl sites for hydroxylation is 1. The van der Waals surface area contributed by atoms with Crippen molar-refractivity contribution in [1.82, 2.24) is 15.0 Å². The second-order valence-corrected chi connectivity index (χ2v) is 5.41. The lowest BCUT2D eigenvalue weighted by Crippen LogP contribution is -2.08. The number of aromatic nitrogens is 3. The molecule has 1 aromatic heterocycles. The molecule has 1 heterocycles. The van der Waals surface area contributed by atoms with Crippen LogP contribution in [0.2, 0.25) is 0 Å². The Balaban J connectivity index is 2.20. The third-order valence-electron chi connectivity index (χ3n) is 2.46. The lowest BCUT2D eigenvalue weighted by molar-refractivity contribution is 0.168. The molecule has 2 rings (SSSR count). The fraction of sp³-hybridized carbons (Fsp3) is 0.273. The lowest BCUT2D eigenvalue weighted by atomic mass is 10.1. The molecular weight excluding hydrogens is 350 g/mol. The molecule has 0 aliphatic rings. The Bertz CT molecular complexity index is 508. The lowest BCUT2D eigenvalue weighted by Gasteiger charge is -2.11. The van der Waals surface area contributed by atoms with E-state index in [1.54, 1.807) is 11.7 Å². The van der Waals surface area contributed by atoms with Crippen molar-refractivity contribution < 1.29 is 5.11 Å². The highest BCUT2D eigenvalue weighted by Gasteiger charge is 2.17. The molecule has 2 aromatic rings. The maximum absolute atomic E-state index is 10.2. The molecule has 1 N–H and O–H groups in total. The van der Waals surface area contributed by atoms with Crippen LogP contribution in [0.1, 0.15) is 17.4 Å². The van der Waals surface area contributed by atoms with E-state index in [-0.39, 0.29) is 0 Å². The van der Waals surface area contributed by atoms with Crippen LogP contribution in [0.4, 0.5) is 0 Å². The number of nitrogens with zero attached hydrogens (tertiary/aromatic N) is 3. The van der Waals surface area contributed by atoms with Crippen LogP contribution in [0.25, 0.3) is 0 Å². The van der Waals surface area contributed by atoms with Crippen LogP contribution in [0.3, 0.4) is 0 Å². The minimum Gasteiger partial charge on any atom is -0.386 e. The number of benzene rings is 1. The molecule has 0 spiro atoms. The van der Waals surface area contributed by atoms with Crippen molar-refractivity contribution in [3.8, 4) is 0 Å². The van der Waals surface area contributed by atoms with E-state index in [1.807, 2.05) is 24.3 Å². The van der Waals surface area contributed by atoms with Crippen LogP contribution in [-0.2, 0) is 13.5 Å². The van der Waals surface area contributed by atoms with Gasteiger partial charge in [-0.3, -0.25) is 0 Å². The van der Waals surface area contributed by atoms with E-state index in [9.17, 15) is 5.11 Å². The van der Waals surface area contributed by atoms with Crippen molar-refractivity contribution in [2.75, 3.05) is 0 Å². The molecule has 0 bridgehead atoms. The maximum Gasteiger partial charge on any atom is 0.154 e. The van der Waals surface area contributed by atoms with E-state index < -0.39 is 6.10 Å². The maximum atomic E-state index is 10.2. The van der Waals surface area contributed by atoms with Crippen LogP contribution < -0.4 is 0 Å². The normalized spacial score (nSPS) is 12.7. The Hall–Kier alpha value is -0.720. The van der Waals surface area contributed by atoms with E-state index in [0.717, 1.165) is 10.0 Å². The monoisotopic (exact) mass is 359 g/mol. The molecule has 0 amide bonds. The van der Waals surface area contributed by atoms with Gasteiger partial charge >= 0.3 is 0 Å². The standard InChI is InChI=1S/C11H11Br2N3O/c1-16-10(11(13)14-15-16)9(17)6-7-3-2-4-8(12)5-7/h2-5,9,17H,6H2,1H3. The van der Waals surface area contributed by atoms with Gasteiger partial charge in [0.25, 0.3) is 0 Å². The van der Waals surface area contributed by atoms with Crippen LogP contribution in [0.15, 0.2) is 33.3 Å². The summed E-state index contributed by atoms with van der Waals surface area (Å²) in [6.45, 7) is 0. The Morgan fingerprint density at radius 1 is 1.41 bits per heavy atom. The van der Waals surface area contributed by atoms with Gasteiger partial charge in [0.15, 0.2) is 4.60 Å². The van der Waals surface area contributed by atoms with E-state index in [2.05, 4.69) is 42.2 Å². The molecule has 1 atom stereocenters. The molecule has 0 saturated heterocycles. The zero-order valence-electron chi connectivity index (χ0n) is 9.14. The second kappa shape index (κ2) is 5.29. The van der Waals surface area contributed by atoms with Gasteiger partial charge in [-0.15, -0.1) is 5.10 Å². The summed E-state index contributed by atoms with van der Waals surface area (Å²) in [5.41, 5.74) is 1.74. The molecule has 4 nitrogen and oxygen atoms in total. The molecule has 0 aliphatic carbocycles.